The Morgan fingerprint density at radius 1 is 1.00 bits per heavy atom. The number of hydrogen-bond acceptors (Lipinski definition) is 2. The molecule has 0 aliphatic carbocycles. The Morgan fingerprint density at radius 2 is 1.67 bits per heavy atom. The minimum atomic E-state index is -0.740. The van der Waals surface area contributed by atoms with Gasteiger partial charge >= 0.3 is 0 Å². The Hall–Kier alpha value is -2.10. The molecule has 1 aliphatic heterocycles. The fourth-order valence-corrected chi connectivity index (χ4v) is 2.33. The highest BCUT2D eigenvalue weighted by Crippen LogP contribution is 2.27. The van der Waals surface area contributed by atoms with Gasteiger partial charge < -0.3 is 10.0 Å². The zero-order chi connectivity index (χ0) is 14.8. The number of anilines is 1. The second-order valence-corrected chi connectivity index (χ2v) is 5.18. The molecule has 1 atom stereocenters. The zero-order valence-electron chi connectivity index (χ0n) is 11.1. The average molecular weight is 302 g/mol. The average Bonchev–Trinajstić information content (AvgIpc) is 2.50. The molecule has 0 bridgehead atoms. The second-order valence-electron chi connectivity index (χ2n) is 4.75. The second kappa shape index (κ2) is 5.72. The van der Waals surface area contributed by atoms with Gasteiger partial charge in [0, 0.05) is 16.9 Å². The predicted octanol–water partition coefficient (Wildman–Crippen LogP) is 4.21. The van der Waals surface area contributed by atoms with E-state index in [1.807, 2.05) is 24.4 Å². The van der Waals surface area contributed by atoms with Crippen LogP contribution in [0.2, 0.25) is 5.02 Å². The lowest BCUT2D eigenvalue weighted by Gasteiger charge is -2.28. The SMILES string of the molecule is OC1C=CC(c2ccc(F)cc2)=CN1c1ccc(Cl)cc1. The van der Waals surface area contributed by atoms with E-state index in [2.05, 4.69) is 0 Å². The summed E-state index contributed by atoms with van der Waals surface area (Å²) in [5, 5.41) is 10.7. The standard InChI is InChI=1S/C17H13ClFNO/c18-14-4-8-16(9-5-14)20-11-13(3-10-17(20)21)12-1-6-15(19)7-2-12/h1-11,17,21H. The van der Waals surface area contributed by atoms with Gasteiger partial charge in [0.2, 0.25) is 0 Å². The smallest absolute Gasteiger partial charge is 0.150 e. The Labute approximate surface area is 127 Å². The van der Waals surface area contributed by atoms with Crippen LogP contribution in [0.5, 0.6) is 0 Å². The third-order valence-electron chi connectivity index (χ3n) is 3.31. The summed E-state index contributed by atoms with van der Waals surface area (Å²) in [6, 6.07) is 13.5. The number of allylic oxidation sites excluding steroid dienone is 2. The van der Waals surface area contributed by atoms with Crippen LogP contribution in [-0.4, -0.2) is 11.3 Å². The molecule has 0 fully saturated rings. The van der Waals surface area contributed by atoms with Crippen molar-refractivity contribution >= 4 is 22.9 Å². The van der Waals surface area contributed by atoms with Gasteiger partial charge in [-0.2, -0.15) is 0 Å². The van der Waals surface area contributed by atoms with Crippen molar-refractivity contribution in [3.8, 4) is 0 Å². The van der Waals surface area contributed by atoms with Gasteiger partial charge in [0.15, 0.2) is 0 Å². The lowest BCUT2D eigenvalue weighted by Crippen LogP contribution is -2.30. The van der Waals surface area contributed by atoms with Gasteiger partial charge in [0.25, 0.3) is 0 Å². The van der Waals surface area contributed by atoms with E-state index in [0.717, 1.165) is 16.8 Å². The third-order valence-corrected chi connectivity index (χ3v) is 3.57. The van der Waals surface area contributed by atoms with Crippen molar-refractivity contribution in [2.24, 2.45) is 0 Å². The molecule has 1 heterocycles. The number of aliphatic hydroxyl groups excluding tert-OH is 1. The van der Waals surface area contributed by atoms with Crippen LogP contribution in [0, 0.1) is 5.82 Å². The van der Waals surface area contributed by atoms with E-state index < -0.39 is 6.23 Å². The summed E-state index contributed by atoms with van der Waals surface area (Å²) in [6.07, 6.45) is 4.61. The first-order valence-corrected chi connectivity index (χ1v) is 6.89. The van der Waals surface area contributed by atoms with Gasteiger partial charge in [0.1, 0.15) is 12.0 Å². The molecule has 21 heavy (non-hydrogen) atoms. The largest absolute Gasteiger partial charge is 0.370 e. The van der Waals surface area contributed by atoms with E-state index in [0.29, 0.717) is 5.02 Å². The minimum Gasteiger partial charge on any atom is -0.370 e. The van der Waals surface area contributed by atoms with Crippen molar-refractivity contribution in [3.05, 3.63) is 83.3 Å². The summed E-state index contributed by atoms with van der Waals surface area (Å²) in [5.41, 5.74) is 2.62. The number of halogens is 2. The van der Waals surface area contributed by atoms with E-state index >= 15 is 0 Å². The van der Waals surface area contributed by atoms with Crippen molar-refractivity contribution in [1.29, 1.82) is 0 Å². The maximum atomic E-state index is 13.0. The Bertz CT molecular complexity index is 692. The van der Waals surface area contributed by atoms with Crippen LogP contribution in [0.4, 0.5) is 10.1 Å². The van der Waals surface area contributed by atoms with Crippen LogP contribution < -0.4 is 4.90 Å². The van der Waals surface area contributed by atoms with E-state index in [9.17, 15) is 9.50 Å². The molecular formula is C17H13ClFNO. The third kappa shape index (κ3) is 2.99. The Kier molecular flexibility index (Phi) is 3.78. The highest BCUT2D eigenvalue weighted by Gasteiger charge is 2.16. The van der Waals surface area contributed by atoms with Crippen molar-refractivity contribution < 1.29 is 9.50 Å². The van der Waals surface area contributed by atoms with Gasteiger partial charge in [-0.15, -0.1) is 0 Å². The van der Waals surface area contributed by atoms with Gasteiger partial charge in [-0.3, -0.25) is 0 Å². The molecule has 2 aromatic carbocycles. The normalized spacial score (nSPS) is 17.8. The first-order chi connectivity index (χ1) is 10.1. The number of benzene rings is 2. The number of hydrogen-bond donors (Lipinski definition) is 1. The first kappa shape index (κ1) is 13.9. The molecule has 106 valence electrons. The summed E-state index contributed by atoms with van der Waals surface area (Å²) in [6.45, 7) is 0. The lowest BCUT2D eigenvalue weighted by molar-refractivity contribution is 0.227. The van der Waals surface area contributed by atoms with Crippen molar-refractivity contribution in [2.75, 3.05) is 4.90 Å². The molecule has 0 aromatic heterocycles. The van der Waals surface area contributed by atoms with Gasteiger partial charge in [-0.25, -0.2) is 4.39 Å². The quantitative estimate of drug-likeness (QED) is 0.898. The molecular weight excluding hydrogens is 289 g/mol. The van der Waals surface area contributed by atoms with Crippen LogP contribution in [0.3, 0.4) is 0 Å². The molecule has 0 saturated carbocycles. The summed E-state index contributed by atoms with van der Waals surface area (Å²) in [7, 11) is 0. The molecule has 2 nitrogen and oxygen atoms in total. The van der Waals surface area contributed by atoms with E-state index in [-0.39, 0.29) is 5.82 Å². The number of rotatable bonds is 2. The Morgan fingerprint density at radius 3 is 2.33 bits per heavy atom. The molecule has 2 aromatic rings. The summed E-state index contributed by atoms with van der Waals surface area (Å²) < 4.78 is 13.0. The van der Waals surface area contributed by atoms with Crippen molar-refractivity contribution in [1.82, 2.24) is 0 Å². The first-order valence-electron chi connectivity index (χ1n) is 6.51. The fourth-order valence-electron chi connectivity index (χ4n) is 2.21. The summed E-state index contributed by atoms with van der Waals surface area (Å²) in [4.78, 5) is 1.73. The molecule has 1 aliphatic rings. The highest BCUT2D eigenvalue weighted by molar-refractivity contribution is 6.30. The highest BCUT2D eigenvalue weighted by atomic mass is 35.5. The van der Waals surface area contributed by atoms with Gasteiger partial charge in [0.05, 0.1) is 0 Å². The topological polar surface area (TPSA) is 23.5 Å². The summed E-state index contributed by atoms with van der Waals surface area (Å²) in [5.74, 6) is -0.270. The summed E-state index contributed by atoms with van der Waals surface area (Å²) >= 11 is 5.88. The fraction of sp³-hybridized carbons (Fsp3) is 0.0588. The lowest BCUT2D eigenvalue weighted by atomic mass is 10.0. The van der Waals surface area contributed by atoms with Gasteiger partial charge in [-0.05, 0) is 53.6 Å². The number of nitrogens with zero attached hydrogens (tertiary/aromatic N) is 1. The monoisotopic (exact) mass is 301 g/mol. The van der Waals surface area contributed by atoms with Crippen LogP contribution in [0.1, 0.15) is 5.56 Å². The van der Waals surface area contributed by atoms with Crippen molar-refractivity contribution in [3.63, 3.8) is 0 Å². The molecule has 3 rings (SSSR count). The maximum absolute atomic E-state index is 13.0. The van der Waals surface area contributed by atoms with Gasteiger partial charge in [-0.1, -0.05) is 29.8 Å². The molecule has 0 saturated heterocycles. The van der Waals surface area contributed by atoms with E-state index in [1.54, 1.807) is 35.2 Å². The van der Waals surface area contributed by atoms with E-state index in [1.165, 1.54) is 12.1 Å². The van der Waals surface area contributed by atoms with Crippen LogP contribution in [0.15, 0.2) is 66.9 Å². The molecule has 4 heteroatoms. The molecule has 1 N–H and O–H groups in total. The molecule has 0 spiro atoms. The Balaban J connectivity index is 1.95. The predicted molar refractivity (Wildman–Crippen MR) is 83.5 cm³/mol. The minimum absolute atomic E-state index is 0.270. The maximum Gasteiger partial charge on any atom is 0.150 e. The molecule has 0 radical (unpaired) electrons. The molecule has 0 amide bonds. The van der Waals surface area contributed by atoms with Crippen LogP contribution >= 0.6 is 11.6 Å². The van der Waals surface area contributed by atoms with Crippen LogP contribution in [0.25, 0.3) is 5.57 Å². The van der Waals surface area contributed by atoms with Crippen LogP contribution in [-0.2, 0) is 0 Å². The van der Waals surface area contributed by atoms with E-state index in [4.69, 9.17) is 11.6 Å². The zero-order valence-corrected chi connectivity index (χ0v) is 11.8. The van der Waals surface area contributed by atoms with Crippen molar-refractivity contribution in [2.45, 2.75) is 6.23 Å². The molecule has 1 unspecified atom stereocenters. The number of aliphatic hydroxyl groups is 1.